The average molecular weight is 190 g/mol. The minimum atomic E-state index is -0.847. The van der Waals surface area contributed by atoms with Gasteiger partial charge in [0, 0.05) is 0 Å². The summed E-state index contributed by atoms with van der Waals surface area (Å²) in [5, 5.41) is 8.75. The van der Waals surface area contributed by atoms with Crippen LogP contribution in [0.15, 0.2) is 18.2 Å². The van der Waals surface area contributed by atoms with Crippen molar-refractivity contribution in [2.75, 3.05) is 0 Å². The molecule has 0 unspecified atom stereocenters. The third-order valence-electron chi connectivity index (χ3n) is 1.69. The molecule has 1 rings (SSSR count). The van der Waals surface area contributed by atoms with Crippen molar-refractivity contribution in [3.63, 3.8) is 0 Å². The smallest absolute Gasteiger partial charge is 1.00 e. The monoisotopic (exact) mass is 190 g/mol. The summed E-state index contributed by atoms with van der Waals surface area (Å²) in [4.78, 5) is 10.6. The molecule has 1 aromatic carbocycles. The molecule has 1 N–H and O–H groups in total. The molecule has 0 saturated carbocycles. The second-order valence-corrected chi connectivity index (χ2v) is 2.57. The van der Waals surface area contributed by atoms with Gasteiger partial charge in [-0.25, -0.2) is 4.79 Å². The van der Waals surface area contributed by atoms with Crippen molar-refractivity contribution in [3.8, 4) is 0 Å². The van der Waals surface area contributed by atoms with E-state index in [9.17, 15) is 4.79 Å². The Morgan fingerprint density at radius 2 is 1.75 bits per heavy atom. The summed E-state index contributed by atoms with van der Waals surface area (Å²) in [6.45, 7) is 3.60. The molecule has 0 atom stereocenters. The first kappa shape index (κ1) is 12.3. The van der Waals surface area contributed by atoms with E-state index in [1.54, 1.807) is 26.0 Å². The topological polar surface area (TPSA) is 37.3 Å². The number of rotatable bonds is 1. The van der Waals surface area contributed by atoms with Crippen LogP contribution in [0.2, 0.25) is 0 Å². The van der Waals surface area contributed by atoms with Gasteiger partial charge in [0.05, 0.1) is 5.56 Å². The Morgan fingerprint density at radius 3 is 2.00 bits per heavy atom. The van der Waals surface area contributed by atoms with Crippen LogP contribution in [0.1, 0.15) is 22.9 Å². The number of hydrogen-bond acceptors (Lipinski definition) is 1. The summed E-state index contributed by atoms with van der Waals surface area (Å²) in [5.41, 5.74) is 2.06. The number of benzene rings is 1. The fourth-order valence-corrected chi connectivity index (χ4v) is 1.15. The van der Waals surface area contributed by atoms with E-state index in [0.29, 0.717) is 5.56 Å². The predicted molar refractivity (Wildman–Crippen MR) is 44.0 cm³/mol. The Labute approximate surface area is 116 Å². The maximum Gasteiger partial charge on any atom is 1.00 e. The Hall–Kier alpha value is 0.326. The van der Waals surface area contributed by atoms with Gasteiger partial charge >= 0.3 is 57.4 Å². The van der Waals surface area contributed by atoms with Gasteiger partial charge in [0.25, 0.3) is 0 Å². The minimum absolute atomic E-state index is 0. The Balaban J connectivity index is 0. The molecule has 0 spiro atoms. The quantitative estimate of drug-likeness (QED) is 0.584. The van der Waals surface area contributed by atoms with Crippen LogP contribution < -0.4 is 51.4 Å². The van der Waals surface area contributed by atoms with Crippen molar-refractivity contribution in [3.05, 3.63) is 34.9 Å². The molecule has 0 aliphatic rings. The van der Waals surface area contributed by atoms with Crippen molar-refractivity contribution >= 4 is 5.97 Å². The number of aryl methyl sites for hydroxylation is 2. The largest absolute Gasteiger partial charge is 1.00 e. The van der Waals surface area contributed by atoms with Gasteiger partial charge in [-0.3, -0.25) is 0 Å². The van der Waals surface area contributed by atoms with Crippen molar-refractivity contribution in [1.82, 2.24) is 0 Å². The van der Waals surface area contributed by atoms with E-state index < -0.39 is 5.97 Å². The molecule has 0 aliphatic carbocycles. The molecule has 0 aliphatic heterocycles. The van der Waals surface area contributed by atoms with Crippen molar-refractivity contribution in [1.29, 1.82) is 0 Å². The van der Waals surface area contributed by atoms with E-state index in [1.807, 2.05) is 6.07 Å². The van der Waals surface area contributed by atoms with Crippen LogP contribution >= 0.6 is 0 Å². The maximum atomic E-state index is 10.6. The first-order valence-corrected chi connectivity index (χ1v) is 3.42. The SMILES string of the molecule is Cc1cccc(C)c1C(=O)O.[H-].[K+]. The standard InChI is InChI=1S/C9H10O2.K.H/c1-6-4-3-5-7(2)8(6)9(10)11;;/h3-5H,1-2H3,(H,10,11);;/q;+1;-1. The van der Waals surface area contributed by atoms with Crippen LogP contribution in [0.5, 0.6) is 0 Å². The van der Waals surface area contributed by atoms with Gasteiger partial charge in [-0.1, -0.05) is 18.2 Å². The summed E-state index contributed by atoms with van der Waals surface area (Å²) < 4.78 is 0. The van der Waals surface area contributed by atoms with Gasteiger partial charge in [0.15, 0.2) is 0 Å². The molecular weight excluding hydrogens is 179 g/mol. The molecule has 0 bridgehead atoms. The van der Waals surface area contributed by atoms with Gasteiger partial charge in [0.2, 0.25) is 0 Å². The van der Waals surface area contributed by atoms with Crippen molar-refractivity contribution < 1.29 is 62.7 Å². The Morgan fingerprint density at radius 1 is 1.33 bits per heavy atom. The van der Waals surface area contributed by atoms with Gasteiger partial charge in [0.1, 0.15) is 0 Å². The molecule has 0 heterocycles. The van der Waals surface area contributed by atoms with Crippen LogP contribution in [0.3, 0.4) is 0 Å². The zero-order valence-corrected chi connectivity index (χ0v) is 10.7. The Kier molecular flexibility index (Phi) is 5.28. The van der Waals surface area contributed by atoms with Gasteiger partial charge in [-0.15, -0.1) is 0 Å². The third kappa shape index (κ3) is 2.67. The van der Waals surface area contributed by atoms with Crippen molar-refractivity contribution in [2.45, 2.75) is 13.8 Å². The van der Waals surface area contributed by atoms with E-state index in [1.165, 1.54) is 0 Å². The molecule has 0 aromatic heterocycles. The Bertz CT molecular complexity index is 279. The van der Waals surface area contributed by atoms with E-state index in [0.717, 1.165) is 11.1 Å². The minimum Gasteiger partial charge on any atom is -1.00 e. The predicted octanol–water partition coefficient (Wildman–Crippen LogP) is -0.882. The fourth-order valence-electron chi connectivity index (χ4n) is 1.15. The summed E-state index contributed by atoms with van der Waals surface area (Å²) >= 11 is 0. The molecule has 0 saturated heterocycles. The molecule has 1 aromatic rings. The average Bonchev–Trinajstić information content (AvgIpc) is 1.85. The van der Waals surface area contributed by atoms with Crippen LogP contribution in [-0.4, -0.2) is 11.1 Å². The van der Waals surface area contributed by atoms with E-state index in [4.69, 9.17) is 5.11 Å². The van der Waals surface area contributed by atoms with E-state index in [2.05, 4.69) is 0 Å². The van der Waals surface area contributed by atoms with Crippen LogP contribution in [-0.2, 0) is 0 Å². The van der Waals surface area contributed by atoms with Gasteiger partial charge in [-0.05, 0) is 25.0 Å². The normalized spacial score (nSPS) is 8.83. The first-order chi connectivity index (χ1) is 5.13. The number of carbonyl (C=O) groups is 1. The number of carboxylic acids is 1. The molecule has 12 heavy (non-hydrogen) atoms. The van der Waals surface area contributed by atoms with Crippen LogP contribution in [0.4, 0.5) is 0 Å². The summed E-state index contributed by atoms with van der Waals surface area (Å²) in [5.74, 6) is -0.847. The number of aromatic carboxylic acids is 1. The molecule has 0 amide bonds. The van der Waals surface area contributed by atoms with E-state index in [-0.39, 0.29) is 52.8 Å². The zero-order valence-electron chi connectivity index (χ0n) is 8.59. The van der Waals surface area contributed by atoms with Crippen LogP contribution in [0, 0.1) is 13.8 Å². The second kappa shape index (κ2) is 5.14. The maximum absolute atomic E-state index is 10.6. The summed E-state index contributed by atoms with van der Waals surface area (Å²) in [7, 11) is 0. The molecular formula is C9H11KO2. The van der Waals surface area contributed by atoms with E-state index >= 15 is 0 Å². The van der Waals surface area contributed by atoms with Gasteiger partial charge in [-0.2, -0.15) is 0 Å². The molecule has 60 valence electrons. The third-order valence-corrected chi connectivity index (χ3v) is 1.69. The summed E-state index contributed by atoms with van der Waals surface area (Å²) in [6, 6.07) is 5.46. The first-order valence-electron chi connectivity index (χ1n) is 3.42. The number of carboxylic acid groups (broad SMARTS) is 1. The molecule has 2 nitrogen and oxygen atoms in total. The zero-order chi connectivity index (χ0) is 8.43. The molecule has 0 fully saturated rings. The van der Waals surface area contributed by atoms with Crippen molar-refractivity contribution in [2.24, 2.45) is 0 Å². The molecule has 0 radical (unpaired) electrons. The summed E-state index contributed by atoms with van der Waals surface area (Å²) in [6.07, 6.45) is 0. The molecule has 3 heteroatoms. The number of hydrogen-bond donors (Lipinski definition) is 1. The fraction of sp³-hybridized carbons (Fsp3) is 0.222. The van der Waals surface area contributed by atoms with Gasteiger partial charge < -0.3 is 6.53 Å². The van der Waals surface area contributed by atoms with Crippen LogP contribution in [0.25, 0.3) is 0 Å². The second-order valence-electron chi connectivity index (χ2n) is 2.57.